The van der Waals surface area contributed by atoms with Crippen LogP contribution < -0.4 is 10.6 Å². The highest BCUT2D eigenvalue weighted by atomic mass is 19.3. The smallest absolute Gasteiger partial charge is 0.407 e. The first-order valence-corrected chi connectivity index (χ1v) is 11.2. The normalized spacial score (nSPS) is 22.8. The summed E-state index contributed by atoms with van der Waals surface area (Å²) in [7, 11) is 0. The number of amides is 2. The predicted molar refractivity (Wildman–Crippen MR) is 117 cm³/mol. The molecule has 3 aliphatic carbocycles. The number of carboxylic acid groups (broad SMARTS) is 1. The van der Waals surface area contributed by atoms with Gasteiger partial charge in [0.1, 0.15) is 12.5 Å². The van der Waals surface area contributed by atoms with Crippen LogP contribution in [0.3, 0.4) is 0 Å². The van der Waals surface area contributed by atoms with Crippen LogP contribution >= 0.6 is 0 Å². The third kappa shape index (κ3) is 3.99. The Balaban J connectivity index is 1.15. The number of rotatable bonds is 8. The number of fused-ring (bicyclic) bond motifs is 3. The quantitative estimate of drug-likeness (QED) is 0.548. The van der Waals surface area contributed by atoms with Gasteiger partial charge in [0.2, 0.25) is 5.91 Å². The summed E-state index contributed by atoms with van der Waals surface area (Å²) in [6, 6.07) is 15.7. The van der Waals surface area contributed by atoms with Gasteiger partial charge in [0.25, 0.3) is 5.92 Å². The minimum atomic E-state index is -3.26. The molecule has 5 rings (SSSR count). The van der Waals surface area contributed by atoms with E-state index in [0.29, 0.717) is 12.8 Å². The Morgan fingerprint density at radius 2 is 1.59 bits per heavy atom. The van der Waals surface area contributed by atoms with Crippen molar-refractivity contribution in [1.82, 2.24) is 10.6 Å². The molecule has 2 fully saturated rings. The average Bonchev–Trinajstić information content (AvgIpc) is 3.62. The zero-order valence-electron chi connectivity index (χ0n) is 18.2. The van der Waals surface area contributed by atoms with E-state index >= 15 is 0 Å². The molecule has 2 atom stereocenters. The predicted octanol–water partition coefficient (Wildman–Crippen LogP) is 3.53. The molecule has 2 aromatic carbocycles. The van der Waals surface area contributed by atoms with E-state index in [1.807, 2.05) is 48.5 Å². The lowest BCUT2D eigenvalue weighted by Crippen LogP contribution is -2.40. The molecule has 0 aromatic heterocycles. The molecule has 3 N–H and O–H groups in total. The molecular weight excluding hydrogens is 446 g/mol. The Morgan fingerprint density at radius 3 is 2.15 bits per heavy atom. The summed E-state index contributed by atoms with van der Waals surface area (Å²) in [6.45, 7) is -0.351. The first kappa shape index (κ1) is 22.3. The van der Waals surface area contributed by atoms with Crippen LogP contribution in [-0.2, 0) is 14.3 Å². The van der Waals surface area contributed by atoms with Gasteiger partial charge in [-0.15, -0.1) is 0 Å². The molecule has 2 amide bonds. The fourth-order valence-corrected chi connectivity index (χ4v) is 4.97. The van der Waals surface area contributed by atoms with Crippen molar-refractivity contribution in [2.45, 2.75) is 36.6 Å². The second kappa shape index (κ2) is 8.07. The molecule has 178 valence electrons. The van der Waals surface area contributed by atoms with Crippen LogP contribution in [0.5, 0.6) is 0 Å². The van der Waals surface area contributed by atoms with Crippen LogP contribution in [0.2, 0.25) is 0 Å². The lowest BCUT2D eigenvalue weighted by molar-refractivity contribution is -0.138. The Morgan fingerprint density at radius 1 is 1.00 bits per heavy atom. The van der Waals surface area contributed by atoms with Gasteiger partial charge in [0.05, 0.1) is 17.9 Å². The molecule has 0 saturated heterocycles. The number of halogens is 2. The molecule has 3 aliphatic rings. The Bertz CT molecular complexity index is 1120. The highest BCUT2D eigenvalue weighted by Crippen LogP contribution is 2.55. The number of nitrogens with one attached hydrogen (secondary N) is 2. The monoisotopic (exact) mass is 470 g/mol. The number of aliphatic carboxylic acids is 1. The van der Waals surface area contributed by atoms with Crippen LogP contribution in [0, 0.1) is 11.8 Å². The topological polar surface area (TPSA) is 105 Å². The van der Waals surface area contributed by atoms with Gasteiger partial charge in [-0.25, -0.2) is 13.6 Å². The van der Waals surface area contributed by atoms with E-state index in [4.69, 9.17) is 9.84 Å². The van der Waals surface area contributed by atoms with E-state index in [2.05, 4.69) is 10.6 Å². The molecule has 2 saturated carbocycles. The summed E-state index contributed by atoms with van der Waals surface area (Å²) in [6.07, 6.45) is -0.217. The number of hydrogen-bond donors (Lipinski definition) is 3. The molecule has 34 heavy (non-hydrogen) atoms. The number of alkyl carbamates (subject to hydrolysis) is 1. The van der Waals surface area contributed by atoms with Crippen LogP contribution in [0.25, 0.3) is 11.1 Å². The molecule has 2 aromatic rings. The standard InChI is InChI=1S/C25H24F2N2O5/c26-25(27)19(21(25)22(32)29-24(9-10-24)11-20(30)31)12-28-23(33)34-13-18-16-7-3-1-5-14(16)15-6-2-4-8-17(15)18/h1-8,18-19,21H,9-13H2,(H,28,33)(H,29,32)(H,30,31). The largest absolute Gasteiger partial charge is 0.481 e. The van der Waals surface area contributed by atoms with Crippen LogP contribution in [0.15, 0.2) is 48.5 Å². The third-order valence-corrected chi connectivity index (χ3v) is 7.03. The molecule has 0 radical (unpaired) electrons. The number of carboxylic acids is 1. The van der Waals surface area contributed by atoms with Crippen molar-refractivity contribution in [1.29, 1.82) is 0 Å². The maximum atomic E-state index is 14.2. The summed E-state index contributed by atoms with van der Waals surface area (Å²) < 4.78 is 33.8. The van der Waals surface area contributed by atoms with Gasteiger partial charge in [0, 0.05) is 12.5 Å². The minimum absolute atomic E-state index is 0.0581. The van der Waals surface area contributed by atoms with E-state index in [9.17, 15) is 23.2 Å². The van der Waals surface area contributed by atoms with Crippen molar-refractivity contribution in [3.05, 3.63) is 59.7 Å². The summed E-state index contributed by atoms with van der Waals surface area (Å²) >= 11 is 0. The number of carbonyl (C=O) groups is 3. The van der Waals surface area contributed by atoms with E-state index in [-0.39, 0.29) is 18.9 Å². The summed E-state index contributed by atoms with van der Waals surface area (Å²) in [5.41, 5.74) is 3.31. The van der Waals surface area contributed by atoms with Gasteiger partial charge in [-0.05, 0) is 35.1 Å². The van der Waals surface area contributed by atoms with Crippen molar-refractivity contribution in [3.8, 4) is 11.1 Å². The maximum absolute atomic E-state index is 14.2. The first-order chi connectivity index (χ1) is 16.2. The maximum Gasteiger partial charge on any atom is 0.407 e. The molecule has 0 spiro atoms. The number of ether oxygens (including phenoxy) is 1. The number of carbonyl (C=O) groups excluding carboxylic acids is 2. The molecule has 7 nitrogen and oxygen atoms in total. The Labute approximate surface area is 194 Å². The molecular formula is C25H24F2N2O5. The van der Waals surface area contributed by atoms with Crippen LogP contribution in [0.4, 0.5) is 13.6 Å². The molecule has 9 heteroatoms. The highest BCUT2D eigenvalue weighted by Gasteiger charge is 2.72. The lowest BCUT2D eigenvalue weighted by atomic mass is 9.98. The van der Waals surface area contributed by atoms with Crippen molar-refractivity contribution < 1.29 is 33.0 Å². The summed E-state index contributed by atoms with van der Waals surface area (Å²) in [5, 5.41) is 13.8. The number of alkyl halides is 2. The van der Waals surface area contributed by atoms with Crippen LogP contribution in [0.1, 0.15) is 36.3 Å². The van der Waals surface area contributed by atoms with E-state index in [1.165, 1.54) is 0 Å². The molecule has 2 unspecified atom stereocenters. The minimum Gasteiger partial charge on any atom is -0.481 e. The van der Waals surface area contributed by atoms with E-state index in [1.54, 1.807) is 0 Å². The number of hydrogen-bond acceptors (Lipinski definition) is 4. The molecule has 0 heterocycles. The summed E-state index contributed by atoms with van der Waals surface area (Å²) in [5.74, 6) is -8.32. The van der Waals surface area contributed by atoms with Crippen molar-refractivity contribution in [2.24, 2.45) is 11.8 Å². The van der Waals surface area contributed by atoms with Crippen LogP contribution in [-0.4, -0.2) is 47.7 Å². The second-order valence-electron chi connectivity index (χ2n) is 9.31. The zero-order valence-corrected chi connectivity index (χ0v) is 18.2. The number of benzene rings is 2. The lowest BCUT2D eigenvalue weighted by Gasteiger charge is -2.15. The van der Waals surface area contributed by atoms with Gasteiger partial charge in [0.15, 0.2) is 0 Å². The van der Waals surface area contributed by atoms with Crippen molar-refractivity contribution in [3.63, 3.8) is 0 Å². The van der Waals surface area contributed by atoms with Gasteiger partial charge in [-0.1, -0.05) is 48.5 Å². The average molecular weight is 470 g/mol. The van der Waals surface area contributed by atoms with Crippen molar-refractivity contribution >= 4 is 18.0 Å². The van der Waals surface area contributed by atoms with Crippen molar-refractivity contribution in [2.75, 3.05) is 13.2 Å². The zero-order chi connectivity index (χ0) is 24.1. The molecule has 0 aliphatic heterocycles. The van der Waals surface area contributed by atoms with E-state index < -0.39 is 47.8 Å². The molecule has 0 bridgehead atoms. The van der Waals surface area contributed by atoms with Gasteiger partial charge < -0.3 is 20.5 Å². The third-order valence-electron chi connectivity index (χ3n) is 7.03. The highest BCUT2D eigenvalue weighted by molar-refractivity contribution is 5.86. The van der Waals surface area contributed by atoms with Gasteiger partial charge in [-0.3, -0.25) is 9.59 Å². The van der Waals surface area contributed by atoms with E-state index in [0.717, 1.165) is 22.3 Å². The van der Waals surface area contributed by atoms with Gasteiger partial charge >= 0.3 is 12.1 Å². The fourth-order valence-electron chi connectivity index (χ4n) is 4.97. The second-order valence-corrected chi connectivity index (χ2v) is 9.31. The Hall–Kier alpha value is -3.49. The fraction of sp³-hybridized carbons (Fsp3) is 0.400. The Kier molecular flexibility index (Phi) is 5.30. The summed E-state index contributed by atoms with van der Waals surface area (Å²) in [4.78, 5) is 35.5. The van der Waals surface area contributed by atoms with Gasteiger partial charge in [-0.2, -0.15) is 0 Å². The first-order valence-electron chi connectivity index (χ1n) is 11.2. The SMILES string of the molecule is O=C(O)CC1(NC(=O)C2C(CNC(=O)OCC3c4ccccc4-c4ccccc43)C2(F)F)CC1.